The highest BCUT2D eigenvalue weighted by Crippen LogP contribution is 2.19. The molecule has 17 heavy (non-hydrogen) atoms. The summed E-state index contributed by atoms with van der Waals surface area (Å²) in [5.74, 6) is 0.926. The minimum atomic E-state index is -0.392. The molecule has 0 saturated carbocycles. The lowest BCUT2D eigenvalue weighted by atomic mass is 10.1. The molecule has 92 valence electrons. The van der Waals surface area contributed by atoms with E-state index >= 15 is 0 Å². The van der Waals surface area contributed by atoms with E-state index < -0.39 is 6.04 Å². The second kappa shape index (κ2) is 5.16. The van der Waals surface area contributed by atoms with Crippen LogP contribution in [0.2, 0.25) is 0 Å². The van der Waals surface area contributed by atoms with Gasteiger partial charge >= 0.3 is 0 Å². The number of furan rings is 1. The average Bonchev–Trinajstić information content (AvgIpc) is 2.97. The van der Waals surface area contributed by atoms with Gasteiger partial charge in [-0.2, -0.15) is 0 Å². The summed E-state index contributed by atoms with van der Waals surface area (Å²) in [4.78, 5) is 4.08. The Balaban J connectivity index is 2.14. The van der Waals surface area contributed by atoms with Crippen LogP contribution in [0.4, 0.5) is 0 Å². The molecular formula is C12H17N3O2. The van der Waals surface area contributed by atoms with Crippen molar-refractivity contribution >= 4 is 0 Å². The Labute approximate surface area is 99.9 Å². The van der Waals surface area contributed by atoms with E-state index in [2.05, 4.69) is 11.9 Å². The highest BCUT2D eigenvalue weighted by atomic mass is 16.3. The number of aromatic nitrogens is 2. The lowest BCUT2D eigenvalue weighted by Gasteiger charge is -2.18. The van der Waals surface area contributed by atoms with Crippen molar-refractivity contribution in [1.29, 1.82) is 0 Å². The Bertz CT molecular complexity index is 450. The second-order valence-corrected chi connectivity index (χ2v) is 4.15. The van der Waals surface area contributed by atoms with Crippen LogP contribution in [0, 0.1) is 0 Å². The molecule has 0 aliphatic carbocycles. The van der Waals surface area contributed by atoms with Gasteiger partial charge in [0.05, 0.1) is 30.9 Å². The Kier molecular flexibility index (Phi) is 3.61. The molecule has 0 fully saturated rings. The van der Waals surface area contributed by atoms with Gasteiger partial charge in [-0.15, -0.1) is 0 Å². The van der Waals surface area contributed by atoms with Crippen molar-refractivity contribution in [2.75, 3.05) is 6.61 Å². The molecule has 2 heterocycles. The van der Waals surface area contributed by atoms with E-state index in [1.165, 1.54) is 0 Å². The fourth-order valence-corrected chi connectivity index (χ4v) is 1.88. The van der Waals surface area contributed by atoms with Gasteiger partial charge in [-0.1, -0.05) is 0 Å². The van der Waals surface area contributed by atoms with Crippen LogP contribution in [-0.2, 0) is 6.42 Å². The van der Waals surface area contributed by atoms with Gasteiger partial charge in [0.2, 0.25) is 0 Å². The molecule has 5 nitrogen and oxygen atoms in total. The summed E-state index contributed by atoms with van der Waals surface area (Å²) >= 11 is 0. The second-order valence-electron chi connectivity index (χ2n) is 4.15. The van der Waals surface area contributed by atoms with Crippen molar-refractivity contribution < 1.29 is 9.52 Å². The number of rotatable bonds is 5. The predicted octanol–water partition coefficient (Wildman–Crippen LogP) is 1.27. The van der Waals surface area contributed by atoms with Crippen LogP contribution in [-0.4, -0.2) is 21.3 Å². The third-order valence-corrected chi connectivity index (χ3v) is 2.82. The smallest absolute Gasteiger partial charge is 0.105 e. The summed E-state index contributed by atoms with van der Waals surface area (Å²) in [6, 6.07) is 3.61. The SMILES string of the molecule is CC(Cc1ccco1)n1cncc1C(N)CO. The zero-order valence-electron chi connectivity index (χ0n) is 9.78. The first-order chi connectivity index (χ1) is 8.22. The van der Waals surface area contributed by atoms with E-state index in [4.69, 9.17) is 15.3 Å². The number of aliphatic hydroxyl groups excluding tert-OH is 1. The Morgan fingerprint density at radius 2 is 2.41 bits per heavy atom. The summed E-state index contributed by atoms with van der Waals surface area (Å²) in [6.07, 6.45) is 5.86. The Morgan fingerprint density at radius 3 is 3.06 bits per heavy atom. The maximum atomic E-state index is 9.08. The van der Waals surface area contributed by atoms with Crippen LogP contribution in [0.3, 0.4) is 0 Å². The van der Waals surface area contributed by atoms with E-state index in [0.717, 1.165) is 17.9 Å². The maximum absolute atomic E-state index is 9.08. The van der Waals surface area contributed by atoms with Crippen molar-refractivity contribution in [2.45, 2.75) is 25.4 Å². The van der Waals surface area contributed by atoms with Crippen molar-refractivity contribution in [3.05, 3.63) is 42.4 Å². The molecule has 0 radical (unpaired) electrons. The van der Waals surface area contributed by atoms with Crippen molar-refractivity contribution in [3.63, 3.8) is 0 Å². The number of hydrogen-bond acceptors (Lipinski definition) is 4. The van der Waals surface area contributed by atoms with E-state index in [1.54, 1.807) is 18.8 Å². The molecular weight excluding hydrogens is 218 g/mol. The third-order valence-electron chi connectivity index (χ3n) is 2.82. The molecule has 2 aromatic heterocycles. The fourth-order valence-electron chi connectivity index (χ4n) is 1.88. The highest BCUT2D eigenvalue weighted by molar-refractivity contribution is 5.08. The first-order valence-electron chi connectivity index (χ1n) is 5.63. The third kappa shape index (κ3) is 2.57. The minimum Gasteiger partial charge on any atom is -0.469 e. The number of hydrogen-bond donors (Lipinski definition) is 2. The van der Waals surface area contributed by atoms with Gasteiger partial charge in [0.1, 0.15) is 5.76 Å². The van der Waals surface area contributed by atoms with Gasteiger partial charge in [-0.05, 0) is 19.1 Å². The summed E-state index contributed by atoms with van der Waals surface area (Å²) in [5.41, 5.74) is 6.66. The van der Waals surface area contributed by atoms with E-state index in [-0.39, 0.29) is 12.6 Å². The predicted molar refractivity (Wildman–Crippen MR) is 63.4 cm³/mol. The standard InChI is InChI=1S/C12H17N3O2/c1-9(5-10-3-2-4-17-10)15-8-14-6-12(15)11(13)7-16/h2-4,6,8-9,11,16H,5,7,13H2,1H3. The van der Waals surface area contributed by atoms with Crippen LogP contribution in [0.25, 0.3) is 0 Å². The van der Waals surface area contributed by atoms with Crippen molar-refractivity contribution in [3.8, 4) is 0 Å². The number of aliphatic hydroxyl groups is 1. The summed E-state index contributed by atoms with van der Waals surface area (Å²) < 4.78 is 7.29. The van der Waals surface area contributed by atoms with Crippen LogP contribution in [0.1, 0.15) is 30.5 Å². The molecule has 0 aromatic carbocycles. The number of imidazole rings is 1. The summed E-state index contributed by atoms with van der Waals surface area (Å²) in [5, 5.41) is 9.08. The minimum absolute atomic E-state index is 0.0842. The lowest BCUT2D eigenvalue weighted by Crippen LogP contribution is -2.21. The Morgan fingerprint density at radius 1 is 1.59 bits per heavy atom. The molecule has 2 rings (SSSR count). The van der Waals surface area contributed by atoms with E-state index in [9.17, 15) is 0 Å². The zero-order valence-corrected chi connectivity index (χ0v) is 9.78. The Hall–Kier alpha value is -1.59. The molecule has 0 spiro atoms. The van der Waals surface area contributed by atoms with Crippen LogP contribution >= 0.6 is 0 Å². The largest absolute Gasteiger partial charge is 0.469 e. The van der Waals surface area contributed by atoms with Crippen LogP contribution < -0.4 is 5.73 Å². The fraction of sp³-hybridized carbons (Fsp3) is 0.417. The van der Waals surface area contributed by atoms with Crippen molar-refractivity contribution in [1.82, 2.24) is 9.55 Å². The highest BCUT2D eigenvalue weighted by Gasteiger charge is 2.15. The van der Waals surface area contributed by atoms with Crippen LogP contribution in [0.15, 0.2) is 35.3 Å². The molecule has 0 saturated heterocycles. The molecule has 0 aliphatic heterocycles. The molecule has 2 atom stereocenters. The topological polar surface area (TPSA) is 77.2 Å². The van der Waals surface area contributed by atoms with Gasteiger partial charge in [-0.3, -0.25) is 0 Å². The maximum Gasteiger partial charge on any atom is 0.105 e. The molecule has 5 heteroatoms. The van der Waals surface area contributed by atoms with Gasteiger partial charge in [0, 0.05) is 18.7 Å². The van der Waals surface area contributed by atoms with Crippen molar-refractivity contribution in [2.24, 2.45) is 5.73 Å². The van der Waals surface area contributed by atoms with E-state index in [0.29, 0.717) is 0 Å². The molecule has 2 unspecified atom stereocenters. The lowest BCUT2D eigenvalue weighted by molar-refractivity contribution is 0.261. The van der Waals surface area contributed by atoms with Gasteiger partial charge in [0.25, 0.3) is 0 Å². The monoisotopic (exact) mass is 235 g/mol. The first-order valence-corrected chi connectivity index (χ1v) is 5.63. The number of nitrogens with two attached hydrogens (primary N) is 1. The average molecular weight is 235 g/mol. The molecule has 0 bridgehead atoms. The first kappa shape index (κ1) is 11.9. The van der Waals surface area contributed by atoms with Gasteiger partial charge < -0.3 is 19.8 Å². The normalized spacial score (nSPS) is 14.8. The molecule has 0 aliphatic rings. The number of nitrogens with zero attached hydrogens (tertiary/aromatic N) is 2. The molecule has 0 amide bonds. The summed E-state index contributed by atoms with van der Waals surface area (Å²) in [7, 11) is 0. The molecule has 2 aromatic rings. The quantitative estimate of drug-likeness (QED) is 0.818. The van der Waals surface area contributed by atoms with E-state index in [1.807, 2.05) is 16.7 Å². The van der Waals surface area contributed by atoms with Gasteiger partial charge in [0.15, 0.2) is 0 Å². The van der Waals surface area contributed by atoms with Crippen LogP contribution in [0.5, 0.6) is 0 Å². The summed E-state index contributed by atoms with van der Waals surface area (Å²) in [6.45, 7) is 1.98. The molecule has 3 N–H and O–H groups in total. The zero-order chi connectivity index (χ0) is 12.3. The van der Waals surface area contributed by atoms with Gasteiger partial charge in [-0.25, -0.2) is 4.98 Å².